The Bertz CT molecular complexity index is 401. The Morgan fingerprint density at radius 1 is 1.19 bits per heavy atom. The summed E-state index contributed by atoms with van der Waals surface area (Å²) >= 11 is 0. The fraction of sp³-hybridized carbons (Fsp3) is 0.667. The molecule has 0 amide bonds. The van der Waals surface area contributed by atoms with Crippen molar-refractivity contribution >= 4 is 17.9 Å². The van der Waals surface area contributed by atoms with Crippen molar-refractivity contribution in [2.75, 3.05) is 20.3 Å². The van der Waals surface area contributed by atoms with Crippen LogP contribution in [0.3, 0.4) is 0 Å². The molecule has 0 aromatic rings. The summed E-state index contributed by atoms with van der Waals surface area (Å²) in [5, 5.41) is 0. The Hall–Kier alpha value is -1.85. The molecule has 21 heavy (non-hydrogen) atoms. The van der Waals surface area contributed by atoms with E-state index >= 15 is 0 Å². The molecule has 0 N–H and O–H groups in total. The molecule has 0 radical (unpaired) electrons. The van der Waals surface area contributed by atoms with Crippen LogP contribution in [-0.2, 0) is 28.6 Å². The Labute approximate surface area is 125 Å². The van der Waals surface area contributed by atoms with Crippen LogP contribution in [0.1, 0.15) is 40.0 Å². The average molecular weight is 300 g/mol. The van der Waals surface area contributed by atoms with Gasteiger partial charge < -0.3 is 14.2 Å². The second-order valence-electron chi connectivity index (χ2n) is 5.09. The lowest BCUT2D eigenvalue weighted by Crippen LogP contribution is -2.34. The van der Waals surface area contributed by atoms with E-state index in [0.29, 0.717) is 18.4 Å². The third-order valence-electron chi connectivity index (χ3n) is 3.12. The van der Waals surface area contributed by atoms with Crippen molar-refractivity contribution in [3.8, 4) is 0 Å². The second kappa shape index (κ2) is 9.15. The summed E-state index contributed by atoms with van der Waals surface area (Å²) < 4.78 is 14.6. The van der Waals surface area contributed by atoms with Gasteiger partial charge in [-0.2, -0.15) is 0 Å². The maximum atomic E-state index is 11.6. The highest BCUT2D eigenvalue weighted by atomic mass is 16.5. The molecule has 6 nitrogen and oxygen atoms in total. The highest BCUT2D eigenvalue weighted by Crippen LogP contribution is 2.23. The Balaban J connectivity index is 4.02. The van der Waals surface area contributed by atoms with Gasteiger partial charge in [0.25, 0.3) is 0 Å². The number of rotatable bonds is 9. The van der Waals surface area contributed by atoms with Crippen LogP contribution in [-0.4, -0.2) is 38.2 Å². The number of hydrogen-bond acceptors (Lipinski definition) is 6. The van der Waals surface area contributed by atoms with Crippen molar-refractivity contribution in [1.29, 1.82) is 0 Å². The summed E-state index contributed by atoms with van der Waals surface area (Å²) in [6.07, 6.45) is 0.979. The highest BCUT2D eigenvalue weighted by Gasteiger charge is 2.34. The predicted octanol–water partition coefficient (Wildman–Crippen LogP) is 2.02. The fourth-order valence-corrected chi connectivity index (χ4v) is 1.37. The maximum absolute atomic E-state index is 11.6. The molecule has 0 aliphatic rings. The largest absolute Gasteiger partial charge is 0.469 e. The van der Waals surface area contributed by atoms with E-state index in [1.54, 1.807) is 13.8 Å². The van der Waals surface area contributed by atoms with Gasteiger partial charge in [0.05, 0.1) is 19.1 Å². The fourth-order valence-electron chi connectivity index (χ4n) is 1.37. The summed E-state index contributed by atoms with van der Waals surface area (Å²) in [5.74, 6) is -1.33. The molecule has 0 spiro atoms. The van der Waals surface area contributed by atoms with E-state index in [1.807, 2.05) is 6.92 Å². The summed E-state index contributed by atoms with van der Waals surface area (Å²) in [7, 11) is 1.30. The van der Waals surface area contributed by atoms with Crippen molar-refractivity contribution in [1.82, 2.24) is 0 Å². The normalized spacial score (nSPS) is 13.0. The summed E-state index contributed by atoms with van der Waals surface area (Å²) in [5.41, 5.74) is -0.522. The molecule has 0 aliphatic heterocycles. The van der Waals surface area contributed by atoms with Crippen LogP contribution in [0, 0.1) is 5.41 Å². The third-order valence-corrected chi connectivity index (χ3v) is 3.12. The highest BCUT2D eigenvalue weighted by molar-refractivity contribution is 5.86. The minimum Gasteiger partial charge on any atom is -0.469 e. The van der Waals surface area contributed by atoms with Crippen molar-refractivity contribution in [2.45, 2.75) is 40.0 Å². The average Bonchev–Trinajstić information content (AvgIpc) is 2.47. The van der Waals surface area contributed by atoms with Crippen molar-refractivity contribution in [3.63, 3.8) is 0 Å². The first-order valence-electron chi connectivity index (χ1n) is 6.83. The summed E-state index contributed by atoms with van der Waals surface area (Å²) in [6, 6.07) is 0. The lowest BCUT2D eigenvalue weighted by atomic mass is 9.89. The van der Waals surface area contributed by atoms with Crippen LogP contribution in [0.2, 0.25) is 0 Å². The Morgan fingerprint density at radius 3 is 2.29 bits per heavy atom. The molecule has 0 fully saturated rings. The van der Waals surface area contributed by atoms with E-state index in [0.717, 1.165) is 0 Å². The van der Waals surface area contributed by atoms with Crippen LogP contribution < -0.4 is 0 Å². The van der Waals surface area contributed by atoms with Crippen LogP contribution in [0.15, 0.2) is 12.2 Å². The van der Waals surface area contributed by atoms with Crippen molar-refractivity contribution in [2.24, 2.45) is 5.41 Å². The van der Waals surface area contributed by atoms with E-state index in [9.17, 15) is 14.4 Å². The molecular weight excluding hydrogens is 276 g/mol. The van der Waals surface area contributed by atoms with Gasteiger partial charge in [-0.1, -0.05) is 13.5 Å². The minimum absolute atomic E-state index is 0.0272. The zero-order valence-corrected chi connectivity index (χ0v) is 13.2. The molecule has 1 atom stereocenters. The number of methoxy groups -OCH3 is 1. The molecule has 0 aliphatic carbocycles. The van der Waals surface area contributed by atoms with E-state index in [2.05, 4.69) is 11.3 Å². The van der Waals surface area contributed by atoms with Gasteiger partial charge in [0.15, 0.2) is 0 Å². The smallest absolute Gasteiger partial charge is 0.333 e. The number of carbonyl (C=O) groups excluding carboxylic acids is 3. The molecule has 1 unspecified atom stereocenters. The van der Waals surface area contributed by atoms with Crippen molar-refractivity contribution in [3.05, 3.63) is 12.2 Å². The Morgan fingerprint density at radius 2 is 1.81 bits per heavy atom. The number of hydrogen-bond donors (Lipinski definition) is 0. The molecule has 120 valence electrons. The molecule has 0 bridgehead atoms. The van der Waals surface area contributed by atoms with Crippen LogP contribution in [0.25, 0.3) is 0 Å². The van der Waals surface area contributed by atoms with E-state index in [4.69, 9.17) is 9.47 Å². The number of carbonyl (C=O) groups is 3. The topological polar surface area (TPSA) is 78.9 Å². The van der Waals surface area contributed by atoms with Gasteiger partial charge in [0.2, 0.25) is 0 Å². The lowest BCUT2D eigenvalue weighted by molar-refractivity contribution is -0.161. The zero-order valence-electron chi connectivity index (χ0n) is 13.2. The van der Waals surface area contributed by atoms with Gasteiger partial charge in [-0.15, -0.1) is 0 Å². The first-order chi connectivity index (χ1) is 9.76. The number of esters is 3. The quantitative estimate of drug-likeness (QED) is 0.280. The molecule has 0 heterocycles. The molecule has 0 saturated heterocycles. The molecular formula is C15H24O6. The van der Waals surface area contributed by atoms with Gasteiger partial charge in [-0.05, 0) is 26.7 Å². The predicted molar refractivity (Wildman–Crippen MR) is 76.4 cm³/mol. The van der Waals surface area contributed by atoms with Crippen LogP contribution in [0.5, 0.6) is 0 Å². The van der Waals surface area contributed by atoms with Crippen LogP contribution in [0.4, 0.5) is 0 Å². The first-order valence-corrected chi connectivity index (χ1v) is 6.83. The summed E-state index contributed by atoms with van der Waals surface area (Å²) in [6.45, 7) is 8.60. The van der Waals surface area contributed by atoms with Crippen LogP contribution >= 0.6 is 0 Å². The van der Waals surface area contributed by atoms with E-state index < -0.39 is 23.3 Å². The third kappa shape index (κ3) is 6.92. The van der Waals surface area contributed by atoms with E-state index in [1.165, 1.54) is 7.11 Å². The first kappa shape index (κ1) is 19.1. The van der Waals surface area contributed by atoms with Gasteiger partial charge in [-0.3, -0.25) is 9.59 Å². The number of ether oxygens (including phenoxy) is 3. The maximum Gasteiger partial charge on any atom is 0.333 e. The van der Waals surface area contributed by atoms with Gasteiger partial charge in [0.1, 0.15) is 6.61 Å². The second-order valence-corrected chi connectivity index (χ2v) is 5.09. The van der Waals surface area contributed by atoms with Gasteiger partial charge in [0, 0.05) is 12.0 Å². The molecule has 0 rings (SSSR count). The standard InChI is InChI=1S/C15H24O6/c1-6-15(4,14(18)19-5)10-21-12(16)8-7-9-20-13(17)11(2)3/h2,6-10H2,1,3-5H3. The minimum atomic E-state index is -0.836. The lowest BCUT2D eigenvalue weighted by Gasteiger charge is -2.24. The molecule has 0 saturated carbocycles. The molecule has 6 heteroatoms. The Kier molecular flexibility index (Phi) is 8.35. The zero-order chi connectivity index (χ0) is 16.5. The summed E-state index contributed by atoms with van der Waals surface area (Å²) in [4.78, 5) is 34.3. The van der Waals surface area contributed by atoms with E-state index in [-0.39, 0.29) is 19.6 Å². The van der Waals surface area contributed by atoms with Gasteiger partial charge >= 0.3 is 17.9 Å². The van der Waals surface area contributed by atoms with Gasteiger partial charge in [-0.25, -0.2) is 4.79 Å². The molecule has 0 aromatic carbocycles. The van der Waals surface area contributed by atoms with Crippen molar-refractivity contribution < 1.29 is 28.6 Å². The monoisotopic (exact) mass is 300 g/mol. The molecule has 0 aromatic heterocycles. The SMILES string of the molecule is C=C(C)C(=O)OCCCC(=O)OCC(C)(CC)C(=O)OC.